The van der Waals surface area contributed by atoms with Crippen LogP contribution in [0.5, 0.6) is 0 Å². The van der Waals surface area contributed by atoms with Crippen LogP contribution in [0.2, 0.25) is 0 Å². The van der Waals surface area contributed by atoms with E-state index in [0.29, 0.717) is 11.8 Å². The van der Waals surface area contributed by atoms with Crippen molar-refractivity contribution in [3.05, 3.63) is 17.5 Å². The molecule has 0 bridgehead atoms. The first-order valence-corrected chi connectivity index (χ1v) is 4.83. The van der Waals surface area contributed by atoms with Crippen molar-refractivity contribution >= 4 is 15.9 Å². The van der Waals surface area contributed by atoms with E-state index >= 15 is 0 Å². The summed E-state index contributed by atoms with van der Waals surface area (Å²) in [5, 5.41) is 5.83. The number of hydrogen-bond acceptors (Lipinski definition) is 1. The van der Waals surface area contributed by atoms with Crippen molar-refractivity contribution in [3.8, 4) is 11.8 Å². The number of H-pyrrole nitrogens is 1. The summed E-state index contributed by atoms with van der Waals surface area (Å²) >= 11 is 3.12. The molecule has 0 saturated heterocycles. The van der Waals surface area contributed by atoms with Gasteiger partial charge in [0, 0.05) is 11.8 Å². The van der Waals surface area contributed by atoms with Crippen molar-refractivity contribution in [1.29, 1.82) is 0 Å². The molecule has 0 aromatic carbocycles. The summed E-state index contributed by atoms with van der Waals surface area (Å²) in [4.78, 5) is 0. The monoisotopic (exact) mass is 266 g/mol. The third kappa shape index (κ3) is 2.77. The van der Waals surface area contributed by atoms with Gasteiger partial charge in [0.15, 0.2) is 5.69 Å². The van der Waals surface area contributed by atoms with Gasteiger partial charge >= 0.3 is 6.18 Å². The van der Waals surface area contributed by atoms with E-state index < -0.39 is 11.9 Å². The molecule has 14 heavy (non-hydrogen) atoms. The first kappa shape index (κ1) is 11.1. The largest absolute Gasteiger partial charge is 0.434 e. The summed E-state index contributed by atoms with van der Waals surface area (Å²) in [6.07, 6.45) is -2.85. The standard InChI is InChI=1S/C8H6BrF3N2/c9-4-2-1-3-6-5-13-14-7(6)8(10,11)12/h5H,2,4H2,(H,13,14). The van der Waals surface area contributed by atoms with E-state index in [0.717, 1.165) is 6.20 Å². The first-order chi connectivity index (χ1) is 6.55. The van der Waals surface area contributed by atoms with Crippen molar-refractivity contribution in [2.75, 3.05) is 5.33 Å². The van der Waals surface area contributed by atoms with E-state index in [1.54, 1.807) is 0 Å². The molecule has 1 aromatic heterocycles. The molecule has 1 rings (SSSR count). The molecule has 6 heteroatoms. The molecule has 0 aliphatic carbocycles. The quantitative estimate of drug-likeness (QED) is 0.614. The smallest absolute Gasteiger partial charge is 0.273 e. The summed E-state index contributed by atoms with van der Waals surface area (Å²) in [6.45, 7) is 0. The van der Waals surface area contributed by atoms with Crippen LogP contribution in [0.4, 0.5) is 13.2 Å². The second-order valence-corrected chi connectivity index (χ2v) is 3.19. The SMILES string of the molecule is FC(F)(F)c1[nH]ncc1C#CCCBr. The fourth-order valence-electron chi connectivity index (χ4n) is 0.802. The van der Waals surface area contributed by atoms with Gasteiger partial charge in [0.25, 0.3) is 0 Å². The second-order valence-electron chi connectivity index (χ2n) is 2.40. The van der Waals surface area contributed by atoms with Gasteiger partial charge in [-0.2, -0.15) is 18.3 Å². The minimum absolute atomic E-state index is 0.113. The highest BCUT2D eigenvalue weighted by Gasteiger charge is 2.35. The lowest BCUT2D eigenvalue weighted by Gasteiger charge is -2.02. The molecular weight excluding hydrogens is 261 g/mol. The van der Waals surface area contributed by atoms with E-state index in [1.165, 1.54) is 0 Å². The Morgan fingerprint density at radius 3 is 2.79 bits per heavy atom. The van der Waals surface area contributed by atoms with Gasteiger partial charge in [-0.1, -0.05) is 27.8 Å². The third-order valence-electron chi connectivity index (χ3n) is 1.37. The van der Waals surface area contributed by atoms with Gasteiger partial charge in [-0.25, -0.2) is 0 Å². The number of nitrogens with one attached hydrogen (secondary N) is 1. The lowest BCUT2D eigenvalue weighted by molar-refractivity contribution is -0.141. The highest BCUT2D eigenvalue weighted by Crippen LogP contribution is 2.29. The summed E-state index contributed by atoms with van der Waals surface area (Å²) in [5.74, 6) is 5.00. The highest BCUT2D eigenvalue weighted by atomic mass is 79.9. The molecule has 1 heterocycles. The number of alkyl halides is 4. The molecule has 2 nitrogen and oxygen atoms in total. The maximum atomic E-state index is 12.2. The predicted octanol–water partition coefficient (Wildman–Crippen LogP) is 2.57. The number of rotatable bonds is 1. The van der Waals surface area contributed by atoms with Crippen LogP contribution in [-0.4, -0.2) is 15.5 Å². The fraction of sp³-hybridized carbons (Fsp3) is 0.375. The lowest BCUT2D eigenvalue weighted by Crippen LogP contribution is -2.07. The van der Waals surface area contributed by atoms with Crippen LogP contribution in [0.15, 0.2) is 6.20 Å². The molecule has 76 valence electrons. The Hall–Kier alpha value is -0.960. The molecule has 0 unspecified atom stereocenters. The number of hydrogen-bond donors (Lipinski definition) is 1. The van der Waals surface area contributed by atoms with Crippen LogP contribution < -0.4 is 0 Å². The van der Waals surface area contributed by atoms with Crippen molar-refractivity contribution < 1.29 is 13.2 Å². The molecule has 0 saturated carbocycles. The number of nitrogens with zero attached hydrogens (tertiary/aromatic N) is 1. The van der Waals surface area contributed by atoms with Crippen molar-refractivity contribution in [2.24, 2.45) is 0 Å². The number of halogens is 4. The predicted molar refractivity (Wildman–Crippen MR) is 48.9 cm³/mol. The fourth-order valence-corrected chi connectivity index (χ4v) is 1.00. The molecule has 0 radical (unpaired) electrons. The van der Waals surface area contributed by atoms with Gasteiger partial charge in [-0.05, 0) is 0 Å². The van der Waals surface area contributed by atoms with Crippen molar-refractivity contribution in [1.82, 2.24) is 10.2 Å². The molecular formula is C8H6BrF3N2. The minimum atomic E-state index is -4.42. The summed E-state index contributed by atoms with van der Waals surface area (Å²) in [6, 6.07) is 0. The van der Waals surface area contributed by atoms with Gasteiger partial charge in [0.2, 0.25) is 0 Å². The van der Waals surface area contributed by atoms with Crippen molar-refractivity contribution in [3.63, 3.8) is 0 Å². The van der Waals surface area contributed by atoms with Crippen LogP contribution in [0.1, 0.15) is 17.7 Å². The minimum Gasteiger partial charge on any atom is -0.273 e. The average molecular weight is 267 g/mol. The summed E-state index contributed by atoms with van der Waals surface area (Å²) < 4.78 is 36.7. The van der Waals surface area contributed by atoms with Gasteiger partial charge in [-0.3, -0.25) is 5.10 Å². The number of aromatic amines is 1. The normalized spacial score (nSPS) is 10.9. The zero-order chi connectivity index (χ0) is 10.6. The van der Waals surface area contributed by atoms with Crippen LogP contribution >= 0.6 is 15.9 Å². The van der Waals surface area contributed by atoms with E-state index in [1.807, 2.05) is 5.10 Å². The second kappa shape index (κ2) is 4.51. The Kier molecular flexibility index (Phi) is 3.58. The topological polar surface area (TPSA) is 28.7 Å². The van der Waals surface area contributed by atoms with Crippen molar-refractivity contribution in [2.45, 2.75) is 12.6 Å². The lowest BCUT2D eigenvalue weighted by atomic mass is 10.2. The van der Waals surface area contributed by atoms with Gasteiger partial charge < -0.3 is 0 Å². The first-order valence-electron chi connectivity index (χ1n) is 3.71. The zero-order valence-corrected chi connectivity index (χ0v) is 8.54. The van der Waals surface area contributed by atoms with Gasteiger partial charge in [0.1, 0.15) is 0 Å². The zero-order valence-electron chi connectivity index (χ0n) is 6.95. The van der Waals surface area contributed by atoms with E-state index in [-0.39, 0.29) is 5.56 Å². The molecule has 1 N–H and O–H groups in total. The summed E-state index contributed by atoms with van der Waals surface area (Å²) in [5.41, 5.74) is -1.00. The molecule has 0 atom stereocenters. The Labute approximate surface area is 87.0 Å². The Bertz CT molecular complexity index is 359. The van der Waals surface area contributed by atoms with Crippen LogP contribution in [0.25, 0.3) is 0 Å². The average Bonchev–Trinajstić information content (AvgIpc) is 2.52. The Balaban J connectivity index is 2.90. The maximum Gasteiger partial charge on any atom is 0.434 e. The van der Waals surface area contributed by atoms with Gasteiger partial charge in [0.05, 0.1) is 11.8 Å². The highest BCUT2D eigenvalue weighted by molar-refractivity contribution is 9.09. The maximum absolute atomic E-state index is 12.2. The van der Waals surface area contributed by atoms with E-state index in [9.17, 15) is 13.2 Å². The van der Waals surface area contributed by atoms with Crippen LogP contribution in [-0.2, 0) is 6.18 Å². The molecule has 0 aliphatic rings. The van der Waals surface area contributed by atoms with E-state index in [4.69, 9.17) is 0 Å². The van der Waals surface area contributed by atoms with Crippen LogP contribution in [0.3, 0.4) is 0 Å². The summed E-state index contributed by atoms with van der Waals surface area (Å²) in [7, 11) is 0. The molecule has 0 amide bonds. The molecule has 1 aromatic rings. The molecule has 0 aliphatic heterocycles. The Morgan fingerprint density at radius 1 is 1.50 bits per heavy atom. The third-order valence-corrected chi connectivity index (χ3v) is 1.76. The van der Waals surface area contributed by atoms with E-state index in [2.05, 4.69) is 32.9 Å². The molecule has 0 fully saturated rings. The number of aromatic nitrogens is 2. The molecule has 0 spiro atoms. The van der Waals surface area contributed by atoms with Crippen LogP contribution in [0, 0.1) is 11.8 Å². The Morgan fingerprint density at radius 2 is 2.21 bits per heavy atom. The van der Waals surface area contributed by atoms with Gasteiger partial charge in [-0.15, -0.1) is 0 Å².